The van der Waals surface area contributed by atoms with Gasteiger partial charge in [-0.15, -0.1) is 0 Å². The van der Waals surface area contributed by atoms with Crippen LogP contribution in [0, 0.1) is 11.7 Å². The molecule has 0 bridgehead atoms. The summed E-state index contributed by atoms with van der Waals surface area (Å²) in [6.45, 7) is 0.452. The van der Waals surface area contributed by atoms with Crippen LogP contribution in [-0.2, 0) is 21.9 Å². The number of carbonyl (C=O) groups excluding carboxylic acids is 1. The molecule has 1 aromatic heterocycles. The van der Waals surface area contributed by atoms with Crippen LogP contribution in [0.3, 0.4) is 0 Å². The topological polar surface area (TPSA) is 71.4 Å². The first-order chi connectivity index (χ1) is 13.9. The van der Waals surface area contributed by atoms with E-state index in [-0.39, 0.29) is 17.3 Å². The average molecular weight is 415 g/mol. The standard InChI is InChI=1S/C21H22FN3O3S/c1-24-13-11-18-19(5-2-6-20(18)24)23-21(26)15-4-3-12-25(14-15)29(27,28)17-9-7-16(22)8-10-17/h2,5-11,13,15H,3-4,12,14H2,1H3,(H,23,26). The molecule has 6 nitrogen and oxygen atoms in total. The van der Waals surface area contributed by atoms with Gasteiger partial charge >= 0.3 is 0 Å². The second kappa shape index (κ2) is 7.61. The van der Waals surface area contributed by atoms with Crippen LogP contribution in [0.5, 0.6) is 0 Å². The maximum atomic E-state index is 13.1. The molecule has 0 saturated carbocycles. The minimum absolute atomic E-state index is 0.0361. The molecule has 1 atom stereocenters. The van der Waals surface area contributed by atoms with Gasteiger partial charge in [0, 0.05) is 37.2 Å². The van der Waals surface area contributed by atoms with Crippen molar-refractivity contribution in [3.63, 3.8) is 0 Å². The van der Waals surface area contributed by atoms with Crippen LogP contribution in [0.4, 0.5) is 10.1 Å². The third-order valence-corrected chi connectivity index (χ3v) is 7.27. The number of sulfonamides is 1. The van der Waals surface area contributed by atoms with Crippen LogP contribution >= 0.6 is 0 Å². The number of nitrogens with one attached hydrogen (secondary N) is 1. The predicted octanol–water partition coefficient (Wildman–Crippen LogP) is 3.36. The third kappa shape index (κ3) is 3.77. The molecule has 0 radical (unpaired) electrons. The molecule has 1 amide bonds. The molecule has 29 heavy (non-hydrogen) atoms. The molecule has 2 aromatic carbocycles. The number of amides is 1. The molecule has 0 aliphatic carbocycles. The van der Waals surface area contributed by atoms with Gasteiger partial charge in [0.2, 0.25) is 15.9 Å². The molecule has 0 spiro atoms. The van der Waals surface area contributed by atoms with Crippen molar-refractivity contribution in [1.29, 1.82) is 0 Å². The van der Waals surface area contributed by atoms with Gasteiger partial charge in [-0.2, -0.15) is 4.31 Å². The van der Waals surface area contributed by atoms with Crippen LogP contribution < -0.4 is 5.32 Å². The van der Waals surface area contributed by atoms with Crippen molar-refractivity contribution < 1.29 is 17.6 Å². The summed E-state index contributed by atoms with van der Waals surface area (Å²) in [7, 11) is -1.83. The molecule has 1 aliphatic rings. The van der Waals surface area contributed by atoms with Crippen LogP contribution in [0.15, 0.2) is 59.6 Å². The quantitative estimate of drug-likeness (QED) is 0.710. The fourth-order valence-corrected chi connectivity index (χ4v) is 5.30. The van der Waals surface area contributed by atoms with Gasteiger partial charge in [-0.3, -0.25) is 4.79 Å². The summed E-state index contributed by atoms with van der Waals surface area (Å²) in [5.41, 5.74) is 1.72. The Labute approximate surface area is 169 Å². The van der Waals surface area contributed by atoms with Crippen molar-refractivity contribution in [2.45, 2.75) is 17.7 Å². The molecule has 3 aromatic rings. The Morgan fingerprint density at radius 3 is 2.66 bits per heavy atom. The van der Waals surface area contributed by atoms with E-state index in [9.17, 15) is 17.6 Å². The van der Waals surface area contributed by atoms with E-state index in [0.29, 0.717) is 25.1 Å². The monoisotopic (exact) mass is 415 g/mol. The van der Waals surface area contributed by atoms with Crippen molar-refractivity contribution in [3.05, 3.63) is 60.5 Å². The summed E-state index contributed by atoms with van der Waals surface area (Å²) in [5, 5.41) is 3.90. The van der Waals surface area contributed by atoms with E-state index in [1.54, 1.807) is 0 Å². The Bertz CT molecular complexity index is 1160. The molecule has 1 N–H and O–H groups in total. The number of carbonyl (C=O) groups is 1. The number of anilines is 1. The Morgan fingerprint density at radius 2 is 1.90 bits per heavy atom. The molecule has 1 aliphatic heterocycles. The SMILES string of the molecule is Cn1ccc2c(NC(=O)C3CCCN(S(=O)(=O)c4ccc(F)cc4)C3)cccc21. The minimum atomic E-state index is -3.77. The van der Waals surface area contributed by atoms with Gasteiger partial charge in [-0.1, -0.05) is 6.07 Å². The van der Waals surface area contributed by atoms with E-state index < -0.39 is 21.8 Å². The number of piperidine rings is 1. The zero-order valence-electron chi connectivity index (χ0n) is 16.0. The van der Waals surface area contributed by atoms with Crippen LogP contribution in [0.25, 0.3) is 10.9 Å². The smallest absolute Gasteiger partial charge is 0.243 e. The average Bonchev–Trinajstić information content (AvgIpc) is 3.10. The van der Waals surface area contributed by atoms with E-state index in [2.05, 4.69) is 5.32 Å². The van der Waals surface area contributed by atoms with Gasteiger partial charge in [0.05, 0.1) is 16.5 Å². The first-order valence-corrected chi connectivity index (χ1v) is 10.9. The van der Waals surface area contributed by atoms with Crippen molar-refractivity contribution in [2.75, 3.05) is 18.4 Å². The number of hydrogen-bond donors (Lipinski definition) is 1. The second-order valence-corrected chi connectivity index (χ2v) is 9.25. The Kier molecular flexibility index (Phi) is 5.14. The maximum Gasteiger partial charge on any atom is 0.243 e. The van der Waals surface area contributed by atoms with E-state index in [1.165, 1.54) is 16.4 Å². The summed E-state index contributed by atoms with van der Waals surface area (Å²) in [5.74, 6) is -1.13. The number of aryl methyl sites for hydroxylation is 1. The van der Waals surface area contributed by atoms with Crippen LogP contribution in [0.1, 0.15) is 12.8 Å². The summed E-state index contributed by atoms with van der Waals surface area (Å²) in [6, 6.07) is 12.4. The molecular formula is C21H22FN3O3S. The lowest BCUT2D eigenvalue weighted by Gasteiger charge is -2.31. The van der Waals surface area contributed by atoms with E-state index in [4.69, 9.17) is 0 Å². The third-order valence-electron chi connectivity index (χ3n) is 5.39. The first-order valence-electron chi connectivity index (χ1n) is 9.47. The highest BCUT2D eigenvalue weighted by atomic mass is 32.2. The van der Waals surface area contributed by atoms with Crippen molar-refractivity contribution in [3.8, 4) is 0 Å². The first kappa shape index (κ1) is 19.6. The zero-order valence-corrected chi connectivity index (χ0v) is 16.8. The van der Waals surface area contributed by atoms with Crippen LogP contribution in [-0.4, -0.2) is 36.3 Å². The van der Waals surface area contributed by atoms with E-state index in [1.807, 2.05) is 42.1 Å². The highest BCUT2D eigenvalue weighted by molar-refractivity contribution is 7.89. The number of benzene rings is 2. The highest BCUT2D eigenvalue weighted by Crippen LogP contribution is 2.27. The number of nitrogens with zero attached hydrogens (tertiary/aromatic N) is 2. The Hall–Kier alpha value is -2.71. The lowest BCUT2D eigenvalue weighted by Crippen LogP contribution is -2.43. The summed E-state index contributed by atoms with van der Waals surface area (Å²) < 4.78 is 42.2. The van der Waals surface area contributed by atoms with Crippen molar-refractivity contribution in [1.82, 2.24) is 8.87 Å². The number of fused-ring (bicyclic) bond motifs is 1. The summed E-state index contributed by atoms with van der Waals surface area (Å²) in [4.78, 5) is 12.9. The fraction of sp³-hybridized carbons (Fsp3) is 0.286. The van der Waals surface area contributed by atoms with Gasteiger partial charge < -0.3 is 9.88 Å². The van der Waals surface area contributed by atoms with Gasteiger partial charge in [-0.05, 0) is 55.3 Å². The summed E-state index contributed by atoms with van der Waals surface area (Å²) >= 11 is 0. The summed E-state index contributed by atoms with van der Waals surface area (Å²) in [6.07, 6.45) is 3.14. The molecule has 1 unspecified atom stereocenters. The number of rotatable bonds is 4. The maximum absolute atomic E-state index is 13.1. The van der Waals surface area contributed by atoms with E-state index >= 15 is 0 Å². The molecule has 1 saturated heterocycles. The van der Waals surface area contributed by atoms with Crippen molar-refractivity contribution in [2.24, 2.45) is 13.0 Å². The highest BCUT2D eigenvalue weighted by Gasteiger charge is 2.33. The van der Waals surface area contributed by atoms with Gasteiger partial charge in [-0.25, -0.2) is 12.8 Å². The van der Waals surface area contributed by atoms with E-state index in [0.717, 1.165) is 23.0 Å². The van der Waals surface area contributed by atoms with Gasteiger partial charge in [0.25, 0.3) is 0 Å². The number of halogens is 1. The number of aromatic nitrogens is 1. The predicted molar refractivity (Wildman–Crippen MR) is 109 cm³/mol. The lowest BCUT2D eigenvalue weighted by atomic mass is 9.98. The Morgan fingerprint density at radius 1 is 1.14 bits per heavy atom. The molecule has 8 heteroatoms. The lowest BCUT2D eigenvalue weighted by molar-refractivity contribution is -0.120. The minimum Gasteiger partial charge on any atom is -0.350 e. The molecule has 4 rings (SSSR count). The van der Waals surface area contributed by atoms with Crippen molar-refractivity contribution >= 4 is 32.5 Å². The zero-order chi connectivity index (χ0) is 20.6. The van der Waals surface area contributed by atoms with Gasteiger partial charge in [0.1, 0.15) is 5.82 Å². The number of hydrogen-bond acceptors (Lipinski definition) is 3. The second-order valence-electron chi connectivity index (χ2n) is 7.31. The normalized spacial score (nSPS) is 18.1. The van der Waals surface area contributed by atoms with Gasteiger partial charge in [0.15, 0.2) is 0 Å². The molecule has 1 fully saturated rings. The van der Waals surface area contributed by atoms with Crippen LogP contribution in [0.2, 0.25) is 0 Å². The Balaban J connectivity index is 1.52. The molecule has 152 valence electrons. The fourth-order valence-electron chi connectivity index (χ4n) is 3.78. The molecular weight excluding hydrogens is 393 g/mol. The largest absolute Gasteiger partial charge is 0.350 e. The molecule has 2 heterocycles.